The maximum absolute atomic E-state index is 12.1. The SMILES string of the molecule is NC(CO)c1nc(C(=O)NCc2cccc3ccccc23)co1. The van der Waals surface area contributed by atoms with Crippen LogP contribution in [0.4, 0.5) is 0 Å². The summed E-state index contributed by atoms with van der Waals surface area (Å²) in [4.78, 5) is 16.1. The standard InChI is InChI=1S/C17H17N3O3/c18-14(9-21)17-20-15(10-23-17)16(22)19-8-12-6-3-5-11-4-1-2-7-13(11)12/h1-7,10,14,21H,8-9,18H2,(H,19,22). The first kappa shape index (κ1) is 15.2. The van der Waals surface area contributed by atoms with Crippen molar-refractivity contribution in [2.75, 3.05) is 6.61 Å². The first-order chi connectivity index (χ1) is 11.2. The number of nitrogens with zero attached hydrogens (tertiary/aromatic N) is 1. The smallest absolute Gasteiger partial charge is 0.273 e. The van der Waals surface area contributed by atoms with E-state index in [2.05, 4.69) is 10.3 Å². The van der Waals surface area contributed by atoms with E-state index in [1.165, 1.54) is 6.26 Å². The normalized spacial score (nSPS) is 12.3. The van der Waals surface area contributed by atoms with Crippen LogP contribution in [0.5, 0.6) is 0 Å². The number of hydrogen-bond donors (Lipinski definition) is 3. The fourth-order valence-electron chi connectivity index (χ4n) is 2.35. The number of benzene rings is 2. The van der Waals surface area contributed by atoms with Crippen LogP contribution in [0, 0.1) is 0 Å². The molecule has 0 radical (unpaired) electrons. The van der Waals surface area contributed by atoms with Gasteiger partial charge >= 0.3 is 0 Å². The van der Waals surface area contributed by atoms with Gasteiger partial charge in [0, 0.05) is 6.54 Å². The van der Waals surface area contributed by atoms with Gasteiger partial charge in [0.25, 0.3) is 5.91 Å². The zero-order chi connectivity index (χ0) is 16.2. The van der Waals surface area contributed by atoms with E-state index in [1.807, 2.05) is 42.5 Å². The van der Waals surface area contributed by atoms with Gasteiger partial charge in [0.2, 0.25) is 5.89 Å². The fraction of sp³-hybridized carbons (Fsp3) is 0.176. The number of aromatic nitrogens is 1. The molecule has 6 heteroatoms. The molecule has 23 heavy (non-hydrogen) atoms. The number of carbonyl (C=O) groups excluding carboxylic acids is 1. The monoisotopic (exact) mass is 311 g/mol. The van der Waals surface area contributed by atoms with Crippen LogP contribution in [0.25, 0.3) is 10.8 Å². The zero-order valence-electron chi connectivity index (χ0n) is 12.4. The van der Waals surface area contributed by atoms with Gasteiger partial charge < -0.3 is 20.6 Å². The summed E-state index contributed by atoms with van der Waals surface area (Å²) >= 11 is 0. The van der Waals surface area contributed by atoms with E-state index in [1.54, 1.807) is 0 Å². The van der Waals surface area contributed by atoms with E-state index in [9.17, 15) is 4.79 Å². The molecule has 0 aliphatic heterocycles. The number of fused-ring (bicyclic) bond motifs is 1. The predicted molar refractivity (Wildman–Crippen MR) is 85.6 cm³/mol. The molecule has 1 atom stereocenters. The van der Waals surface area contributed by atoms with Gasteiger partial charge in [-0.3, -0.25) is 4.79 Å². The molecule has 0 aliphatic rings. The molecule has 1 amide bonds. The molecule has 1 unspecified atom stereocenters. The lowest BCUT2D eigenvalue weighted by Gasteiger charge is -2.07. The van der Waals surface area contributed by atoms with Crippen molar-refractivity contribution in [3.8, 4) is 0 Å². The summed E-state index contributed by atoms with van der Waals surface area (Å²) in [6.45, 7) is 0.0893. The Hall–Kier alpha value is -2.70. The summed E-state index contributed by atoms with van der Waals surface area (Å²) in [5.41, 5.74) is 6.76. The maximum Gasteiger partial charge on any atom is 0.273 e. The number of aliphatic hydroxyl groups excluding tert-OH is 1. The largest absolute Gasteiger partial charge is 0.446 e. The summed E-state index contributed by atoms with van der Waals surface area (Å²) in [5, 5.41) is 14.0. The number of hydrogen-bond acceptors (Lipinski definition) is 5. The quantitative estimate of drug-likeness (QED) is 0.666. The third kappa shape index (κ3) is 3.23. The van der Waals surface area contributed by atoms with E-state index in [0.717, 1.165) is 16.3 Å². The summed E-state index contributed by atoms with van der Waals surface area (Å²) in [5.74, 6) is -0.208. The highest BCUT2D eigenvalue weighted by atomic mass is 16.3. The van der Waals surface area contributed by atoms with Crippen LogP contribution < -0.4 is 11.1 Å². The molecule has 6 nitrogen and oxygen atoms in total. The summed E-state index contributed by atoms with van der Waals surface area (Å²) in [7, 11) is 0. The second-order valence-electron chi connectivity index (χ2n) is 5.18. The van der Waals surface area contributed by atoms with Crippen LogP contribution in [0.2, 0.25) is 0 Å². The van der Waals surface area contributed by atoms with Crippen molar-refractivity contribution in [2.45, 2.75) is 12.6 Å². The van der Waals surface area contributed by atoms with Crippen LogP contribution in [0.3, 0.4) is 0 Å². The zero-order valence-corrected chi connectivity index (χ0v) is 12.4. The molecule has 4 N–H and O–H groups in total. The molecule has 3 aromatic rings. The number of amides is 1. The van der Waals surface area contributed by atoms with E-state index in [4.69, 9.17) is 15.3 Å². The van der Waals surface area contributed by atoms with Crippen molar-refractivity contribution in [1.29, 1.82) is 0 Å². The van der Waals surface area contributed by atoms with E-state index >= 15 is 0 Å². The Morgan fingerprint density at radius 3 is 2.87 bits per heavy atom. The molecular weight excluding hydrogens is 294 g/mol. The van der Waals surface area contributed by atoms with Crippen molar-refractivity contribution in [1.82, 2.24) is 10.3 Å². The van der Waals surface area contributed by atoms with Crippen LogP contribution >= 0.6 is 0 Å². The number of carbonyl (C=O) groups is 1. The number of oxazole rings is 1. The summed E-state index contributed by atoms with van der Waals surface area (Å²) < 4.78 is 5.10. The topological polar surface area (TPSA) is 101 Å². The Kier molecular flexibility index (Phi) is 4.36. The molecule has 0 bridgehead atoms. The van der Waals surface area contributed by atoms with Gasteiger partial charge in [0.1, 0.15) is 12.3 Å². The third-order valence-electron chi connectivity index (χ3n) is 3.59. The van der Waals surface area contributed by atoms with Gasteiger partial charge in [-0.1, -0.05) is 42.5 Å². The molecule has 0 aliphatic carbocycles. The predicted octanol–water partition coefficient (Wildman–Crippen LogP) is 1.75. The average molecular weight is 311 g/mol. The molecule has 0 saturated carbocycles. The van der Waals surface area contributed by atoms with E-state index < -0.39 is 6.04 Å². The molecule has 0 spiro atoms. The van der Waals surface area contributed by atoms with Crippen molar-refractivity contribution in [3.63, 3.8) is 0 Å². The third-order valence-corrected chi connectivity index (χ3v) is 3.59. The number of rotatable bonds is 5. The number of nitrogens with two attached hydrogens (primary N) is 1. The first-order valence-electron chi connectivity index (χ1n) is 7.25. The number of nitrogens with one attached hydrogen (secondary N) is 1. The lowest BCUT2D eigenvalue weighted by atomic mass is 10.0. The molecule has 3 rings (SSSR count). The average Bonchev–Trinajstić information content (AvgIpc) is 3.09. The van der Waals surface area contributed by atoms with Crippen molar-refractivity contribution >= 4 is 16.7 Å². The van der Waals surface area contributed by atoms with Gasteiger partial charge in [-0.2, -0.15) is 0 Å². The molecule has 0 saturated heterocycles. The van der Waals surface area contributed by atoms with Gasteiger partial charge in [0.05, 0.1) is 6.61 Å². The Morgan fingerprint density at radius 2 is 2.04 bits per heavy atom. The second kappa shape index (κ2) is 6.60. The van der Waals surface area contributed by atoms with Gasteiger partial charge in [-0.05, 0) is 16.3 Å². The van der Waals surface area contributed by atoms with Crippen LogP contribution in [0.15, 0.2) is 53.1 Å². The molecule has 0 fully saturated rings. The second-order valence-corrected chi connectivity index (χ2v) is 5.18. The highest BCUT2D eigenvalue weighted by Crippen LogP contribution is 2.18. The number of aliphatic hydroxyl groups is 1. The lowest BCUT2D eigenvalue weighted by Crippen LogP contribution is -2.23. The van der Waals surface area contributed by atoms with Crippen LogP contribution in [-0.2, 0) is 6.54 Å². The molecule has 118 valence electrons. The summed E-state index contributed by atoms with van der Waals surface area (Å²) in [6.07, 6.45) is 1.24. The lowest BCUT2D eigenvalue weighted by molar-refractivity contribution is 0.0946. The Bertz CT molecular complexity index is 823. The molecular formula is C17H17N3O3. The van der Waals surface area contributed by atoms with Crippen molar-refractivity contribution in [2.24, 2.45) is 5.73 Å². The van der Waals surface area contributed by atoms with Gasteiger partial charge in [0.15, 0.2) is 5.69 Å². The Morgan fingerprint density at radius 1 is 1.26 bits per heavy atom. The molecule has 1 aromatic heterocycles. The molecule has 2 aromatic carbocycles. The minimum absolute atomic E-state index is 0.141. The first-order valence-corrected chi connectivity index (χ1v) is 7.25. The highest BCUT2D eigenvalue weighted by molar-refractivity contribution is 5.92. The minimum atomic E-state index is -0.727. The van der Waals surface area contributed by atoms with E-state index in [-0.39, 0.29) is 24.1 Å². The highest BCUT2D eigenvalue weighted by Gasteiger charge is 2.16. The van der Waals surface area contributed by atoms with Crippen LogP contribution in [-0.4, -0.2) is 22.6 Å². The Labute approximate surface area is 132 Å². The van der Waals surface area contributed by atoms with Gasteiger partial charge in [-0.25, -0.2) is 4.98 Å². The Balaban J connectivity index is 1.72. The van der Waals surface area contributed by atoms with Crippen molar-refractivity contribution < 1.29 is 14.3 Å². The van der Waals surface area contributed by atoms with E-state index in [0.29, 0.717) is 6.54 Å². The fourth-order valence-corrected chi connectivity index (χ4v) is 2.35. The maximum atomic E-state index is 12.1. The van der Waals surface area contributed by atoms with Crippen LogP contribution in [0.1, 0.15) is 28.0 Å². The van der Waals surface area contributed by atoms with Gasteiger partial charge in [-0.15, -0.1) is 0 Å². The minimum Gasteiger partial charge on any atom is -0.446 e. The summed E-state index contributed by atoms with van der Waals surface area (Å²) in [6, 6.07) is 13.2. The van der Waals surface area contributed by atoms with Crippen molar-refractivity contribution in [3.05, 3.63) is 65.9 Å². The molecule has 1 heterocycles.